The number of imidazole rings is 1. The fourth-order valence-electron chi connectivity index (χ4n) is 2.78. The number of nitrogens with zero attached hydrogens (tertiary/aromatic N) is 2. The zero-order valence-corrected chi connectivity index (χ0v) is 15.1. The second kappa shape index (κ2) is 7.31. The summed E-state index contributed by atoms with van der Waals surface area (Å²) in [5, 5.41) is 0. The van der Waals surface area contributed by atoms with Gasteiger partial charge in [0.1, 0.15) is 11.3 Å². The van der Waals surface area contributed by atoms with Gasteiger partial charge in [-0.2, -0.15) is 0 Å². The van der Waals surface area contributed by atoms with Crippen molar-refractivity contribution in [1.29, 1.82) is 0 Å². The van der Waals surface area contributed by atoms with Gasteiger partial charge in [0, 0.05) is 7.05 Å². The number of aryl methyl sites for hydroxylation is 1. The minimum absolute atomic E-state index is 0.399. The number of fused-ring (bicyclic) bond motifs is 1. The van der Waals surface area contributed by atoms with Crippen molar-refractivity contribution in [3.05, 3.63) is 53.3 Å². The number of hydrogen-bond donors (Lipinski definition) is 0. The van der Waals surface area contributed by atoms with E-state index in [0.29, 0.717) is 22.6 Å². The Morgan fingerprint density at radius 2 is 1.81 bits per heavy atom. The summed E-state index contributed by atoms with van der Waals surface area (Å²) >= 11 is 0. The highest BCUT2D eigenvalue weighted by Crippen LogP contribution is 2.28. The van der Waals surface area contributed by atoms with E-state index in [1.54, 1.807) is 20.3 Å². The molecule has 3 rings (SSSR count). The number of esters is 1. The van der Waals surface area contributed by atoms with E-state index in [-0.39, 0.29) is 0 Å². The zero-order valence-electron chi connectivity index (χ0n) is 15.1. The molecule has 0 unspecified atom stereocenters. The van der Waals surface area contributed by atoms with Crippen LogP contribution in [0.1, 0.15) is 21.7 Å². The first-order valence-electron chi connectivity index (χ1n) is 8.03. The van der Waals surface area contributed by atoms with Gasteiger partial charge in [0.15, 0.2) is 11.5 Å². The molecule has 0 amide bonds. The highest BCUT2D eigenvalue weighted by molar-refractivity contribution is 6.02. The zero-order chi connectivity index (χ0) is 18.7. The molecule has 0 atom stereocenters. The second-order valence-corrected chi connectivity index (χ2v) is 5.64. The summed E-state index contributed by atoms with van der Waals surface area (Å²) in [6.07, 6.45) is 3.82. The third-order valence-corrected chi connectivity index (χ3v) is 4.18. The summed E-state index contributed by atoms with van der Waals surface area (Å²) in [6.45, 7) is 0. The van der Waals surface area contributed by atoms with Crippen LogP contribution in [0, 0.1) is 0 Å². The van der Waals surface area contributed by atoms with Crippen molar-refractivity contribution in [2.75, 3.05) is 21.3 Å². The Balaban J connectivity index is 2.00. The Hall–Kier alpha value is -3.28. The predicted octanol–water partition coefficient (Wildman–Crippen LogP) is 3.55. The van der Waals surface area contributed by atoms with Gasteiger partial charge in [-0.1, -0.05) is 18.2 Å². The standard InChI is InChI=1S/C20H20N2O4/c1-22-15-7-5-6-14(20(23)26-4)19(15)21-18(22)11-9-13-8-10-16(24-2)17(12-13)25-3/h5-12H,1-4H3/b11-9+. The lowest BCUT2D eigenvalue weighted by Gasteiger charge is -2.07. The molecule has 6 nitrogen and oxygen atoms in total. The lowest BCUT2D eigenvalue weighted by atomic mass is 10.2. The van der Waals surface area contributed by atoms with Crippen LogP contribution in [0.2, 0.25) is 0 Å². The van der Waals surface area contributed by atoms with E-state index in [0.717, 1.165) is 16.9 Å². The molecular weight excluding hydrogens is 332 g/mol. The monoisotopic (exact) mass is 352 g/mol. The molecule has 134 valence electrons. The number of benzene rings is 2. The van der Waals surface area contributed by atoms with Crippen molar-refractivity contribution in [2.45, 2.75) is 0 Å². The van der Waals surface area contributed by atoms with Gasteiger partial charge in [-0.3, -0.25) is 0 Å². The Labute approximate surface area is 151 Å². The molecule has 0 aliphatic heterocycles. The van der Waals surface area contributed by atoms with Gasteiger partial charge in [-0.15, -0.1) is 0 Å². The third kappa shape index (κ3) is 3.13. The second-order valence-electron chi connectivity index (χ2n) is 5.64. The minimum atomic E-state index is -0.399. The van der Waals surface area contributed by atoms with Crippen LogP contribution in [0.4, 0.5) is 0 Å². The number of carbonyl (C=O) groups excluding carboxylic acids is 1. The van der Waals surface area contributed by atoms with Crippen LogP contribution in [0.5, 0.6) is 11.5 Å². The molecule has 0 aliphatic rings. The molecule has 1 heterocycles. The van der Waals surface area contributed by atoms with E-state index >= 15 is 0 Å². The number of methoxy groups -OCH3 is 3. The van der Waals surface area contributed by atoms with Gasteiger partial charge in [0.25, 0.3) is 0 Å². The fraction of sp³-hybridized carbons (Fsp3) is 0.200. The van der Waals surface area contributed by atoms with Crippen LogP contribution in [0.15, 0.2) is 36.4 Å². The lowest BCUT2D eigenvalue weighted by Crippen LogP contribution is -2.01. The number of carbonyl (C=O) groups is 1. The Bertz CT molecular complexity index is 989. The van der Waals surface area contributed by atoms with Gasteiger partial charge in [-0.05, 0) is 35.9 Å². The van der Waals surface area contributed by atoms with Crippen molar-refractivity contribution in [1.82, 2.24) is 9.55 Å². The van der Waals surface area contributed by atoms with Crippen LogP contribution >= 0.6 is 0 Å². The number of para-hydroxylation sites is 1. The Morgan fingerprint density at radius 3 is 2.50 bits per heavy atom. The first-order chi connectivity index (χ1) is 12.6. The molecule has 0 bridgehead atoms. The minimum Gasteiger partial charge on any atom is -0.493 e. The predicted molar refractivity (Wildman–Crippen MR) is 101 cm³/mol. The molecule has 0 fully saturated rings. The molecule has 0 spiro atoms. The van der Waals surface area contributed by atoms with E-state index < -0.39 is 5.97 Å². The number of hydrogen-bond acceptors (Lipinski definition) is 5. The van der Waals surface area contributed by atoms with Gasteiger partial charge >= 0.3 is 5.97 Å². The largest absolute Gasteiger partial charge is 0.493 e. The van der Waals surface area contributed by atoms with Crippen LogP contribution in [-0.2, 0) is 11.8 Å². The van der Waals surface area contributed by atoms with Crippen molar-refractivity contribution in [3.8, 4) is 11.5 Å². The molecule has 2 aromatic carbocycles. The molecule has 26 heavy (non-hydrogen) atoms. The van der Waals surface area contributed by atoms with E-state index in [1.807, 2.05) is 54.1 Å². The van der Waals surface area contributed by atoms with Crippen molar-refractivity contribution >= 4 is 29.2 Å². The smallest absolute Gasteiger partial charge is 0.340 e. The van der Waals surface area contributed by atoms with E-state index in [2.05, 4.69) is 4.98 Å². The fourth-order valence-corrected chi connectivity index (χ4v) is 2.78. The Kier molecular flexibility index (Phi) is 4.93. The summed E-state index contributed by atoms with van der Waals surface area (Å²) in [6, 6.07) is 11.1. The quantitative estimate of drug-likeness (QED) is 0.657. The lowest BCUT2D eigenvalue weighted by molar-refractivity contribution is 0.0603. The van der Waals surface area contributed by atoms with E-state index in [1.165, 1.54) is 7.11 Å². The number of ether oxygens (including phenoxy) is 3. The summed E-state index contributed by atoms with van der Waals surface area (Å²) in [4.78, 5) is 16.5. The van der Waals surface area contributed by atoms with E-state index in [4.69, 9.17) is 14.2 Å². The molecule has 3 aromatic rings. The average Bonchev–Trinajstić information content (AvgIpc) is 3.01. The highest BCUT2D eigenvalue weighted by Gasteiger charge is 2.15. The number of rotatable bonds is 5. The summed E-state index contributed by atoms with van der Waals surface area (Å²) < 4.78 is 17.3. The van der Waals surface area contributed by atoms with E-state index in [9.17, 15) is 4.79 Å². The number of aromatic nitrogens is 2. The molecule has 0 N–H and O–H groups in total. The van der Waals surface area contributed by atoms with Crippen LogP contribution in [-0.4, -0.2) is 36.8 Å². The van der Waals surface area contributed by atoms with Crippen LogP contribution in [0.25, 0.3) is 23.2 Å². The Morgan fingerprint density at radius 1 is 1.04 bits per heavy atom. The van der Waals surface area contributed by atoms with Crippen LogP contribution < -0.4 is 9.47 Å². The SMILES string of the molecule is COC(=O)c1cccc2c1nc(/C=C/c1ccc(OC)c(OC)c1)n2C. The molecule has 0 radical (unpaired) electrons. The molecule has 0 saturated heterocycles. The molecule has 0 saturated carbocycles. The highest BCUT2D eigenvalue weighted by atomic mass is 16.5. The molecule has 6 heteroatoms. The van der Waals surface area contributed by atoms with Crippen LogP contribution in [0.3, 0.4) is 0 Å². The summed E-state index contributed by atoms with van der Waals surface area (Å²) in [7, 11) is 6.48. The maximum atomic E-state index is 11.9. The van der Waals surface area contributed by atoms with Gasteiger partial charge < -0.3 is 18.8 Å². The summed E-state index contributed by atoms with van der Waals surface area (Å²) in [5.41, 5.74) is 2.88. The molecule has 0 aliphatic carbocycles. The van der Waals surface area contributed by atoms with Gasteiger partial charge in [-0.25, -0.2) is 9.78 Å². The van der Waals surface area contributed by atoms with Gasteiger partial charge in [0.2, 0.25) is 0 Å². The molecular formula is C20H20N2O4. The average molecular weight is 352 g/mol. The van der Waals surface area contributed by atoms with Gasteiger partial charge in [0.05, 0.1) is 32.4 Å². The van der Waals surface area contributed by atoms with Crippen molar-refractivity contribution in [2.24, 2.45) is 7.05 Å². The third-order valence-electron chi connectivity index (χ3n) is 4.18. The first kappa shape index (κ1) is 17.5. The normalized spacial score (nSPS) is 11.1. The topological polar surface area (TPSA) is 62.6 Å². The maximum Gasteiger partial charge on any atom is 0.340 e. The summed E-state index contributed by atoms with van der Waals surface area (Å²) in [5.74, 6) is 1.66. The first-order valence-corrected chi connectivity index (χ1v) is 8.03. The molecule has 1 aromatic heterocycles. The van der Waals surface area contributed by atoms with Crippen molar-refractivity contribution in [3.63, 3.8) is 0 Å². The van der Waals surface area contributed by atoms with Crippen molar-refractivity contribution < 1.29 is 19.0 Å². The maximum absolute atomic E-state index is 11.9.